The summed E-state index contributed by atoms with van der Waals surface area (Å²) in [6, 6.07) is 4.21. The fourth-order valence-electron chi connectivity index (χ4n) is 3.94. The van der Waals surface area contributed by atoms with E-state index in [9.17, 15) is 0 Å². The molecule has 0 N–H and O–H groups in total. The van der Waals surface area contributed by atoms with Crippen LogP contribution in [-0.4, -0.2) is 43.8 Å². The maximum atomic E-state index is 5.68. The molecule has 4 rings (SSSR count). The van der Waals surface area contributed by atoms with E-state index in [4.69, 9.17) is 4.74 Å². The zero-order chi connectivity index (χ0) is 20.3. The van der Waals surface area contributed by atoms with Crippen LogP contribution < -0.4 is 14.5 Å². The third-order valence-corrected chi connectivity index (χ3v) is 5.55. The maximum Gasteiger partial charge on any atom is 0.171 e. The van der Waals surface area contributed by atoms with E-state index in [0.717, 1.165) is 31.3 Å². The largest absolute Gasteiger partial charge is 0.488 e. The molecule has 0 unspecified atom stereocenters. The van der Waals surface area contributed by atoms with E-state index < -0.39 is 0 Å². The van der Waals surface area contributed by atoms with Crippen LogP contribution in [0.15, 0.2) is 24.5 Å². The summed E-state index contributed by atoms with van der Waals surface area (Å²) in [6.07, 6.45) is 6.26. The molecule has 0 fully saturated rings. The quantitative estimate of drug-likeness (QED) is 0.758. The van der Waals surface area contributed by atoms with Crippen molar-refractivity contribution in [1.29, 1.82) is 0 Å². The molecule has 0 spiro atoms. The summed E-state index contributed by atoms with van der Waals surface area (Å²) >= 11 is 0. The number of hydrogen-bond donors (Lipinski definition) is 0. The highest BCUT2D eigenvalue weighted by molar-refractivity contribution is 5.58. The van der Waals surface area contributed by atoms with Gasteiger partial charge in [0.05, 0.1) is 6.54 Å². The fraction of sp³-hybridized carbons (Fsp3) is 0.565. The Balaban J connectivity index is 0.000000161. The molecule has 2 aromatic rings. The lowest BCUT2D eigenvalue weighted by Crippen LogP contribution is -2.30. The number of hydrogen-bond acceptors (Lipinski definition) is 5. The van der Waals surface area contributed by atoms with Gasteiger partial charge in [-0.15, -0.1) is 0 Å². The van der Waals surface area contributed by atoms with Crippen LogP contribution in [0.2, 0.25) is 0 Å². The van der Waals surface area contributed by atoms with E-state index in [1.54, 1.807) is 0 Å². The summed E-state index contributed by atoms with van der Waals surface area (Å²) < 4.78 is 5.68. The third kappa shape index (κ3) is 4.23. The van der Waals surface area contributed by atoms with Crippen molar-refractivity contribution in [3.05, 3.63) is 41.2 Å². The second-order valence-corrected chi connectivity index (χ2v) is 8.36. The number of fused-ring (bicyclic) bond motifs is 2. The van der Waals surface area contributed by atoms with E-state index in [1.807, 2.05) is 18.5 Å². The van der Waals surface area contributed by atoms with E-state index in [2.05, 4.69) is 67.6 Å². The van der Waals surface area contributed by atoms with Crippen molar-refractivity contribution in [2.45, 2.75) is 52.4 Å². The molecule has 152 valence electrons. The summed E-state index contributed by atoms with van der Waals surface area (Å²) in [6.45, 7) is 11.7. The van der Waals surface area contributed by atoms with Gasteiger partial charge in [0.1, 0.15) is 12.4 Å². The Morgan fingerprint density at radius 3 is 2.14 bits per heavy atom. The van der Waals surface area contributed by atoms with Gasteiger partial charge in [0, 0.05) is 38.6 Å². The Morgan fingerprint density at radius 2 is 1.46 bits per heavy atom. The van der Waals surface area contributed by atoms with Crippen LogP contribution in [-0.2, 0) is 6.42 Å². The van der Waals surface area contributed by atoms with Gasteiger partial charge in [0.2, 0.25) is 0 Å². The van der Waals surface area contributed by atoms with Crippen molar-refractivity contribution in [3.63, 3.8) is 0 Å². The van der Waals surface area contributed by atoms with Gasteiger partial charge in [-0.3, -0.25) is 0 Å². The van der Waals surface area contributed by atoms with Gasteiger partial charge in [-0.25, -0.2) is 9.97 Å². The van der Waals surface area contributed by atoms with E-state index in [1.165, 1.54) is 35.3 Å². The Morgan fingerprint density at radius 1 is 0.857 bits per heavy atom. The summed E-state index contributed by atoms with van der Waals surface area (Å²) in [4.78, 5) is 13.2. The molecule has 2 aliphatic rings. The highest BCUT2D eigenvalue weighted by atomic mass is 16.5. The van der Waals surface area contributed by atoms with Crippen LogP contribution in [0, 0.1) is 0 Å². The van der Waals surface area contributed by atoms with Gasteiger partial charge in [0.15, 0.2) is 11.6 Å². The van der Waals surface area contributed by atoms with Crippen LogP contribution in [0.5, 0.6) is 5.75 Å². The van der Waals surface area contributed by atoms with Crippen molar-refractivity contribution in [1.82, 2.24) is 9.97 Å². The Labute approximate surface area is 169 Å². The first-order chi connectivity index (χ1) is 13.4. The maximum absolute atomic E-state index is 5.68. The Kier molecular flexibility index (Phi) is 6.42. The molecule has 0 saturated carbocycles. The zero-order valence-electron chi connectivity index (χ0n) is 18.2. The first-order valence-corrected chi connectivity index (χ1v) is 10.4. The van der Waals surface area contributed by atoms with Gasteiger partial charge in [-0.2, -0.15) is 0 Å². The fourth-order valence-corrected chi connectivity index (χ4v) is 3.94. The average Bonchev–Trinajstić information content (AvgIpc) is 2.68. The van der Waals surface area contributed by atoms with Crippen LogP contribution in [0.3, 0.4) is 0 Å². The normalized spacial score (nSPS) is 15.6. The number of anilines is 2. The van der Waals surface area contributed by atoms with Crippen molar-refractivity contribution < 1.29 is 4.74 Å². The molecule has 0 aliphatic carbocycles. The van der Waals surface area contributed by atoms with Crippen molar-refractivity contribution in [3.8, 4) is 5.75 Å². The van der Waals surface area contributed by atoms with E-state index >= 15 is 0 Å². The van der Waals surface area contributed by atoms with E-state index in [-0.39, 0.29) is 0 Å². The molecule has 2 aromatic heterocycles. The summed E-state index contributed by atoms with van der Waals surface area (Å²) in [5.41, 5.74) is 4.19. The molecule has 5 heteroatoms. The first kappa shape index (κ1) is 20.4. The zero-order valence-corrected chi connectivity index (χ0v) is 18.2. The summed E-state index contributed by atoms with van der Waals surface area (Å²) in [5.74, 6) is 4.23. The Bertz CT molecular complexity index is 707. The second kappa shape index (κ2) is 8.80. The minimum absolute atomic E-state index is 0.484. The van der Waals surface area contributed by atoms with Gasteiger partial charge in [-0.1, -0.05) is 27.7 Å². The lowest BCUT2D eigenvalue weighted by atomic mass is 9.93. The number of pyridine rings is 2. The lowest BCUT2D eigenvalue weighted by Gasteiger charge is -2.28. The number of likely N-dealkylation sites (N-methyl/N-ethyl adjacent to an activating group) is 1. The smallest absolute Gasteiger partial charge is 0.171 e. The number of ether oxygens (including phenoxy) is 1. The van der Waals surface area contributed by atoms with Crippen molar-refractivity contribution in [2.75, 3.05) is 43.6 Å². The number of rotatable bonds is 2. The second-order valence-electron chi connectivity index (χ2n) is 8.36. The molecule has 0 saturated heterocycles. The molecule has 0 radical (unpaired) electrons. The summed E-state index contributed by atoms with van der Waals surface area (Å²) in [5, 5.41) is 0. The number of nitrogens with zero attached hydrogens (tertiary/aromatic N) is 4. The summed E-state index contributed by atoms with van der Waals surface area (Å²) in [7, 11) is 4.19. The van der Waals surface area contributed by atoms with Gasteiger partial charge in [0.25, 0.3) is 0 Å². The van der Waals surface area contributed by atoms with Gasteiger partial charge >= 0.3 is 0 Å². The minimum atomic E-state index is 0.484. The van der Waals surface area contributed by atoms with Crippen LogP contribution >= 0.6 is 0 Å². The average molecular weight is 383 g/mol. The molecule has 0 bridgehead atoms. The van der Waals surface area contributed by atoms with Crippen molar-refractivity contribution in [2.24, 2.45) is 0 Å². The van der Waals surface area contributed by atoms with Crippen molar-refractivity contribution >= 4 is 11.6 Å². The van der Waals surface area contributed by atoms with Crippen LogP contribution in [0.1, 0.15) is 62.6 Å². The molecular weight excluding hydrogens is 348 g/mol. The molecule has 0 amide bonds. The highest BCUT2D eigenvalue weighted by Gasteiger charge is 2.21. The third-order valence-electron chi connectivity index (χ3n) is 5.55. The number of aromatic nitrogens is 2. The standard InChI is InChI=1S/C12H18N2.C11H16N2O/c1-9(2)10-6-7-13-12-11(10)5-4-8-14(12)3;1-8(2)9-4-5-12-11-10(9)14-7-6-13(11)3/h6-7,9H,4-5,8H2,1-3H3;4-5,8H,6-7H2,1-3H3. The molecule has 4 heterocycles. The van der Waals surface area contributed by atoms with Crippen LogP contribution in [0.25, 0.3) is 0 Å². The first-order valence-electron chi connectivity index (χ1n) is 10.4. The SMILES string of the molecule is CC(C)c1ccnc2c1CCCN2C.CC(C)c1ccnc2c1OCCN2C. The molecular formula is C23H34N4O. The predicted octanol–water partition coefficient (Wildman–Crippen LogP) is 4.62. The Hall–Kier alpha value is -2.30. The molecule has 0 aromatic carbocycles. The lowest BCUT2D eigenvalue weighted by molar-refractivity contribution is 0.304. The minimum Gasteiger partial charge on any atom is -0.488 e. The molecule has 5 nitrogen and oxygen atoms in total. The highest BCUT2D eigenvalue weighted by Crippen LogP contribution is 2.35. The van der Waals surface area contributed by atoms with E-state index in [0.29, 0.717) is 11.8 Å². The predicted molar refractivity (Wildman–Crippen MR) is 117 cm³/mol. The topological polar surface area (TPSA) is 41.5 Å². The molecule has 28 heavy (non-hydrogen) atoms. The molecule has 2 aliphatic heterocycles. The molecule has 0 atom stereocenters. The van der Waals surface area contributed by atoms with Crippen LogP contribution in [0.4, 0.5) is 11.6 Å². The monoisotopic (exact) mass is 382 g/mol. The van der Waals surface area contributed by atoms with Gasteiger partial charge in [-0.05, 0) is 47.9 Å². The van der Waals surface area contributed by atoms with Gasteiger partial charge < -0.3 is 14.5 Å².